The number of rotatable bonds is 3. The summed E-state index contributed by atoms with van der Waals surface area (Å²) in [7, 11) is 0. The van der Waals surface area contributed by atoms with Crippen molar-refractivity contribution in [3.05, 3.63) is 22.2 Å². The van der Waals surface area contributed by atoms with Gasteiger partial charge in [-0.1, -0.05) is 5.92 Å². The second kappa shape index (κ2) is 5.09. The maximum Gasteiger partial charge on any atom is 0.231 e. The fourth-order valence-electron chi connectivity index (χ4n) is 1.55. The predicted octanol–water partition coefficient (Wildman–Crippen LogP) is 1.97. The Labute approximate surface area is 108 Å². The van der Waals surface area contributed by atoms with Crippen LogP contribution in [0.5, 0.6) is 11.5 Å². The lowest BCUT2D eigenvalue weighted by molar-refractivity contribution is 0.173. The first-order valence-corrected chi connectivity index (χ1v) is 5.71. The van der Waals surface area contributed by atoms with Crippen molar-refractivity contribution in [1.29, 1.82) is 5.26 Å². The standard InChI is InChI=1S/C12H9BrN2O2/c1-2-3-15-10(6-14)8-4-9(13)12-11(5-8)16-7-17-12/h1,4-5,10,15H,3,7H2. The van der Waals surface area contributed by atoms with E-state index >= 15 is 0 Å². The van der Waals surface area contributed by atoms with E-state index in [-0.39, 0.29) is 6.79 Å². The van der Waals surface area contributed by atoms with Gasteiger partial charge in [-0.05, 0) is 33.6 Å². The Morgan fingerprint density at radius 2 is 2.35 bits per heavy atom. The number of benzene rings is 1. The minimum atomic E-state index is -0.461. The van der Waals surface area contributed by atoms with Gasteiger partial charge in [0.05, 0.1) is 17.1 Å². The number of fused-ring (bicyclic) bond motifs is 1. The fraction of sp³-hybridized carbons (Fsp3) is 0.250. The average Bonchev–Trinajstić information content (AvgIpc) is 2.79. The van der Waals surface area contributed by atoms with E-state index in [1.165, 1.54) is 0 Å². The highest BCUT2D eigenvalue weighted by atomic mass is 79.9. The van der Waals surface area contributed by atoms with E-state index < -0.39 is 6.04 Å². The molecular weight excluding hydrogens is 284 g/mol. The second-order valence-corrected chi connectivity index (χ2v) is 4.24. The summed E-state index contributed by atoms with van der Waals surface area (Å²) >= 11 is 3.38. The molecule has 1 aromatic carbocycles. The number of terminal acetylenes is 1. The van der Waals surface area contributed by atoms with Gasteiger partial charge >= 0.3 is 0 Å². The van der Waals surface area contributed by atoms with E-state index in [1.54, 1.807) is 6.07 Å². The molecule has 0 saturated heterocycles. The lowest BCUT2D eigenvalue weighted by atomic mass is 10.1. The molecule has 2 rings (SSSR count). The SMILES string of the molecule is C#CCNC(C#N)c1cc(Br)c2c(c1)OCO2. The number of hydrogen-bond acceptors (Lipinski definition) is 4. The van der Waals surface area contributed by atoms with Crippen LogP contribution in [0.1, 0.15) is 11.6 Å². The lowest BCUT2D eigenvalue weighted by Crippen LogP contribution is -2.20. The van der Waals surface area contributed by atoms with Crippen LogP contribution in [0.3, 0.4) is 0 Å². The highest BCUT2D eigenvalue weighted by molar-refractivity contribution is 9.10. The summed E-state index contributed by atoms with van der Waals surface area (Å²) in [6, 6.07) is 5.29. The third-order valence-corrected chi connectivity index (χ3v) is 2.91. The maximum atomic E-state index is 9.08. The number of nitrogens with zero attached hydrogens (tertiary/aromatic N) is 1. The quantitative estimate of drug-likeness (QED) is 0.866. The molecule has 86 valence electrons. The second-order valence-electron chi connectivity index (χ2n) is 3.38. The monoisotopic (exact) mass is 292 g/mol. The Kier molecular flexibility index (Phi) is 3.53. The van der Waals surface area contributed by atoms with Crippen LogP contribution < -0.4 is 14.8 Å². The van der Waals surface area contributed by atoms with E-state index in [0.29, 0.717) is 18.0 Å². The van der Waals surface area contributed by atoms with Crippen LogP contribution in [0.2, 0.25) is 0 Å². The van der Waals surface area contributed by atoms with Crippen molar-refractivity contribution < 1.29 is 9.47 Å². The maximum absolute atomic E-state index is 9.08. The van der Waals surface area contributed by atoms with Crippen molar-refractivity contribution in [3.63, 3.8) is 0 Å². The summed E-state index contributed by atoms with van der Waals surface area (Å²) in [4.78, 5) is 0. The molecule has 0 amide bonds. The molecule has 1 unspecified atom stereocenters. The van der Waals surface area contributed by atoms with Gasteiger partial charge in [-0.2, -0.15) is 5.26 Å². The summed E-state index contributed by atoms with van der Waals surface area (Å²) in [6.07, 6.45) is 5.15. The van der Waals surface area contributed by atoms with E-state index in [9.17, 15) is 0 Å². The van der Waals surface area contributed by atoms with Crippen molar-refractivity contribution in [2.75, 3.05) is 13.3 Å². The molecule has 5 heteroatoms. The van der Waals surface area contributed by atoms with Gasteiger partial charge in [-0.15, -0.1) is 6.42 Å². The van der Waals surface area contributed by atoms with Crippen LogP contribution in [-0.4, -0.2) is 13.3 Å². The van der Waals surface area contributed by atoms with Gasteiger partial charge in [-0.3, -0.25) is 5.32 Å². The van der Waals surface area contributed by atoms with Crippen LogP contribution in [0, 0.1) is 23.7 Å². The Morgan fingerprint density at radius 1 is 1.53 bits per heavy atom. The van der Waals surface area contributed by atoms with Crippen molar-refractivity contribution in [3.8, 4) is 29.9 Å². The molecule has 0 spiro atoms. The normalized spacial score (nSPS) is 13.8. The Balaban J connectivity index is 2.30. The van der Waals surface area contributed by atoms with Gasteiger partial charge in [0, 0.05) is 0 Å². The van der Waals surface area contributed by atoms with Gasteiger partial charge in [-0.25, -0.2) is 0 Å². The molecule has 1 aromatic rings. The van der Waals surface area contributed by atoms with Crippen LogP contribution in [-0.2, 0) is 0 Å². The molecule has 1 N–H and O–H groups in total. The van der Waals surface area contributed by atoms with Crippen molar-refractivity contribution >= 4 is 15.9 Å². The van der Waals surface area contributed by atoms with Crippen LogP contribution >= 0.6 is 15.9 Å². The molecule has 1 atom stereocenters. The zero-order valence-corrected chi connectivity index (χ0v) is 10.5. The molecule has 17 heavy (non-hydrogen) atoms. The Morgan fingerprint density at radius 3 is 3.06 bits per heavy atom. The van der Waals surface area contributed by atoms with Gasteiger partial charge in [0.2, 0.25) is 6.79 Å². The minimum Gasteiger partial charge on any atom is -0.454 e. The van der Waals surface area contributed by atoms with Gasteiger partial charge in [0.15, 0.2) is 11.5 Å². The first-order chi connectivity index (χ1) is 8.26. The molecule has 1 heterocycles. The lowest BCUT2D eigenvalue weighted by Gasteiger charge is -2.11. The highest BCUT2D eigenvalue weighted by Crippen LogP contribution is 2.41. The number of nitriles is 1. The molecule has 0 radical (unpaired) electrons. The molecule has 1 aliphatic heterocycles. The smallest absolute Gasteiger partial charge is 0.231 e. The fourth-order valence-corrected chi connectivity index (χ4v) is 2.13. The minimum absolute atomic E-state index is 0.201. The summed E-state index contributed by atoms with van der Waals surface area (Å²) in [5, 5.41) is 12.0. The average molecular weight is 293 g/mol. The topological polar surface area (TPSA) is 54.3 Å². The third kappa shape index (κ3) is 2.36. The molecule has 0 bridgehead atoms. The number of halogens is 1. The number of nitrogens with one attached hydrogen (secondary N) is 1. The van der Waals surface area contributed by atoms with Crippen molar-refractivity contribution in [1.82, 2.24) is 5.32 Å². The number of ether oxygens (including phenoxy) is 2. The Hall–Kier alpha value is -1.69. The zero-order chi connectivity index (χ0) is 12.3. The third-order valence-electron chi connectivity index (χ3n) is 2.32. The molecule has 0 aromatic heterocycles. The molecule has 1 aliphatic rings. The molecule has 0 saturated carbocycles. The van der Waals surface area contributed by atoms with Gasteiger partial charge in [0.25, 0.3) is 0 Å². The van der Waals surface area contributed by atoms with Crippen LogP contribution in [0.25, 0.3) is 0 Å². The molecule has 0 fully saturated rings. The van der Waals surface area contributed by atoms with E-state index in [2.05, 4.69) is 33.2 Å². The first kappa shape index (κ1) is 11.8. The van der Waals surface area contributed by atoms with Crippen molar-refractivity contribution in [2.24, 2.45) is 0 Å². The zero-order valence-electron chi connectivity index (χ0n) is 8.87. The first-order valence-electron chi connectivity index (χ1n) is 4.91. The molecular formula is C12H9BrN2O2. The number of hydrogen-bond donors (Lipinski definition) is 1. The van der Waals surface area contributed by atoms with Crippen molar-refractivity contribution in [2.45, 2.75) is 6.04 Å². The molecule has 4 nitrogen and oxygen atoms in total. The predicted molar refractivity (Wildman–Crippen MR) is 65.5 cm³/mol. The summed E-state index contributed by atoms with van der Waals surface area (Å²) < 4.78 is 11.3. The highest BCUT2D eigenvalue weighted by Gasteiger charge is 2.20. The van der Waals surface area contributed by atoms with Gasteiger partial charge < -0.3 is 9.47 Å². The van der Waals surface area contributed by atoms with E-state index in [4.69, 9.17) is 21.2 Å². The largest absolute Gasteiger partial charge is 0.454 e. The summed E-state index contributed by atoms with van der Waals surface area (Å²) in [6.45, 7) is 0.538. The Bertz CT molecular complexity index is 516. The van der Waals surface area contributed by atoms with E-state index in [0.717, 1.165) is 10.0 Å². The van der Waals surface area contributed by atoms with Gasteiger partial charge in [0.1, 0.15) is 6.04 Å². The van der Waals surface area contributed by atoms with Crippen LogP contribution in [0.15, 0.2) is 16.6 Å². The summed E-state index contributed by atoms with van der Waals surface area (Å²) in [5.41, 5.74) is 0.791. The summed E-state index contributed by atoms with van der Waals surface area (Å²) in [5.74, 6) is 3.74. The van der Waals surface area contributed by atoms with E-state index in [1.807, 2.05) is 6.07 Å². The van der Waals surface area contributed by atoms with Crippen LogP contribution in [0.4, 0.5) is 0 Å². The molecule has 0 aliphatic carbocycles.